The van der Waals surface area contributed by atoms with Crippen molar-refractivity contribution in [2.24, 2.45) is 5.92 Å². The van der Waals surface area contributed by atoms with E-state index < -0.39 is 0 Å². The first kappa shape index (κ1) is 15.3. The summed E-state index contributed by atoms with van der Waals surface area (Å²) in [5.41, 5.74) is 9.60. The summed E-state index contributed by atoms with van der Waals surface area (Å²) >= 11 is 0. The van der Waals surface area contributed by atoms with Crippen molar-refractivity contribution in [2.75, 3.05) is 25.6 Å². The molecule has 2 atom stereocenters. The molecule has 1 spiro atoms. The first-order chi connectivity index (χ1) is 11.1. The van der Waals surface area contributed by atoms with Crippen molar-refractivity contribution in [3.63, 3.8) is 0 Å². The maximum absolute atomic E-state index is 6.12. The van der Waals surface area contributed by atoms with Gasteiger partial charge in [0, 0.05) is 35.6 Å². The third-order valence-corrected chi connectivity index (χ3v) is 6.36. The average molecular weight is 317 g/mol. The largest absolute Gasteiger partial charge is 0.493 e. The highest BCUT2D eigenvalue weighted by molar-refractivity contribution is 5.57. The molecule has 4 nitrogen and oxygen atoms in total. The summed E-state index contributed by atoms with van der Waals surface area (Å²) < 4.78 is 18.1. The fraction of sp³-hybridized carbons (Fsp3) is 0.684. The smallest absolute Gasteiger partial charge is 0.168 e. The fourth-order valence-electron chi connectivity index (χ4n) is 4.96. The van der Waals surface area contributed by atoms with Gasteiger partial charge in [0.2, 0.25) is 0 Å². The second-order valence-electron chi connectivity index (χ2n) is 7.36. The van der Waals surface area contributed by atoms with E-state index in [0.29, 0.717) is 5.92 Å². The van der Waals surface area contributed by atoms with Crippen molar-refractivity contribution in [2.45, 2.75) is 57.2 Å². The molecular weight excluding hydrogens is 290 g/mol. The van der Waals surface area contributed by atoms with Crippen molar-refractivity contribution < 1.29 is 14.2 Å². The molecule has 4 rings (SSSR count). The third-order valence-electron chi connectivity index (χ3n) is 6.36. The minimum atomic E-state index is -0.337. The van der Waals surface area contributed by atoms with Crippen LogP contribution in [0.4, 0.5) is 5.69 Å². The zero-order chi connectivity index (χ0) is 16.1. The third kappa shape index (κ3) is 2.26. The number of benzene rings is 1. The summed E-state index contributed by atoms with van der Waals surface area (Å²) in [6.45, 7) is 6.61. The Morgan fingerprint density at radius 2 is 1.96 bits per heavy atom. The van der Waals surface area contributed by atoms with E-state index in [1.54, 1.807) is 0 Å². The second-order valence-corrected chi connectivity index (χ2v) is 7.36. The molecule has 2 aliphatic heterocycles. The minimum Gasteiger partial charge on any atom is -0.493 e. The van der Waals surface area contributed by atoms with Gasteiger partial charge >= 0.3 is 0 Å². The van der Waals surface area contributed by atoms with E-state index in [-0.39, 0.29) is 11.2 Å². The lowest BCUT2D eigenvalue weighted by Crippen LogP contribution is -2.48. The normalized spacial score (nSPS) is 32.0. The van der Waals surface area contributed by atoms with Crippen molar-refractivity contribution in [3.8, 4) is 5.75 Å². The van der Waals surface area contributed by atoms with E-state index in [2.05, 4.69) is 19.9 Å². The number of nitrogens with two attached hydrogens (primary N) is 1. The molecule has 2 N–H and O–H groups in total. The molecule has 1 aromatic rings. The molecule has 126 valence electrons. The molecular formula is C19H27NO3. The van der Waals surface area contributed by atoms with Crippen molar-refractivity contribution >= 4 is 5.69 Å². The first-order valence-corrected chi connectivity index (χ1v) is 8.90. The number of ether oxygens (including phenoxy) is 3. The number of fused-ring (bicyclic) bond motifs is 3. The van der Waals surface area contributed by atoms with Crippen LogP contribution in [0.15, 0.2) is 12.1 Å². The lowest BCUT2D eigenvalue weighted by molar-refractivity contribution is -0.199. The van der Waals surface area contributed by atoms with Gasteiger partial charge in [0.1, 0.15) is 5.75 Å². The molecule has 0 amide bonds. The monoisotopic (exact) mass is 317 g/mol. The lowest BCUT2D eigenvalue weighted by atomic mass is 9.59. The van der Waals surface area contributed by atoms with Crippen molar-refractivity contribution in [1.29, 1.82) is 0 Å². The average Bonchev–Trinajstić information content (AvgIpc) is 2.93. The van der Waals surface area contributed by atoms with Crippen LogP contribution in [0.2, 0.25) is 0 Å². The van der Waals surface area contributed by atoms with Gasteiger partial charge in [0.05, 0.1) is 19.8 Å². The highest BCUT2D eigenvalue weighted by Crippen LogP contribution is 2.56. The molecule has 1 aliphatic carbocycles. The molecule has 1 saturated carbocycles. The van der Waals surface area contributed by atoms with Crippen LogP contribution < -0.4 is 10.5 Å². The van der Waals surface area contributed by atoms with Crippen LogP contribution in [0.1, 0.15) is 50.2 Å². The Hall–Kier alpha value is -1.26. The van der Waals surface area contributed by atoms with E-state index >= 15 is 0 Å². The Bertz CT molecular complexity index is 609. The van der Waals surface area contributed by atoms with E-state index in [1.165, 1.54) is 5.56 Å². The van der Waals surface area contributed by atoms with Crippen LogP contribution in [0.5, 0.6) is 5.75 Å². The second kappa shape index (κ2) is 5.38. The molecule has 0 radical (unpaired) electrons. The minimum absolute atomic E-state index is 0.158. The van der Waals surface area contributed by atoms with Crippen LogP contribution in [-0.2, 0) is 14.9 Å². The molecule has 2 heterocycles. The van der Waals surface area contributed by atoms with E-state index in [1.807, 2.05) is 6.07 Å². The molecule has 2 unspecified atom stereocenters. The molecule has 1 aromatic carbocycles. The summed E-state index contributed by atoms with van der Waals surface area (Å²) in [4.78, 5) is 0. The summed E-state index contributed by atoms with van der Waals surface area (Å²) in [6.07, 6.45) is 5.21. The molecule has 0 aromatic heterocycles. The van der Waals surface area contributed by atoms with Gasteiger partial charge < -0.3 is 19.9 Å². The topological polar surface area (TPSA) is 53.7 Å². The van der Waals surface area contributed by atoms with Gasteiger partial charge in [0.15, 0.2) is 5.79 Å². The predicted octanol–water partition coefficient (Wildman–Crippen LogP) is 3.55. The summed E-state index contributed by atoms with van der Waals surface area (Å²) in [5.74, 6) is 1.18. The Kier molecular flexibility index (Phi) is 3.58. The van der Waals surface area contributed by atoms with Gasteiger partial charge in [-0.25, -0.2) is 0 Å². The Labute approximate surface area is 138 Å². The Morgan fingerprint density at radius 1 is 1.17 bits per heavy atom. The van der Waals surface area contributed by atoms with Crippen LogP contribution in [0.3, 0.4) is 0 Å². The number of hydrogen-bond acceptors (Lipinski definition) is 4. The van der Waals surface area contributed by atoms with E-state index in [0.717, 1.165) is 68.9 Å². The molecule has 4 heteroatoms. The Morgan fingerprint density at radius 3 is 2.70 bits per heavy atom. The number of rotatable bonds is 1. The maximum atomic E-state index is 6.12. The summed E-state index contributed by atoms with van der Waals surface area (Å²) in [7, 11) is 0. The van der Waals surface area contributed by atoms with Crippen LogP contribution in [0, 0.1) is 12.8 Å². The summed E-state index contributed by atoms with van der Waals surface area (Å²) in [5, 5.41) is 0. The quantitative estimate of drug-likeness (QED) is 0.805. The molecule has 1 saturated heterocycles. The van der Waals surface area contributed by atoms with Gasteiger partial charge in [-0.05, 0) is 43.7 Å². The zero-order valence-electron chi connectivity index (χ0n) is 14.2. The lowest BCUT2D eigenvalue weighted by Gasteiger charge is -2.49. The van der Waals surface area contributed by atoms with Crippen LogP contribution in [0.25, 0.3) is 0 Å². The van der Waals surface area contributed by atoms with Gasteiger partial charge in [0.25, 0.3) is 0 Å². The van der Waals surface area contributed by atoms with E-state index in [4.69, 9.17) is 19.9 Å². The fourth-order valence-corrected chi connectivity index (χ4v) is 4.96. The first-order valence-electron chi connectivity index (χ1n) is 8.90. The van der Waals surface area contributed by atoms with Crippen molar-refractivity contribution in [1.82, 2.24) is 0 Å². The van der Waals surface area contributed by atoms with Gasteiger partial charge in [-0.1, -0.05) is 6.92 Å². The zero-order valence-corrected chi connectivity index (χ0v) is 14.2. The number of aryl methyl sites for hydroxylation is 1. The maximum Gasteiger partial charge on any atom is 0.168 e. The van der Waals surface area contributed by atoms with Crippen LogP contribution >= 0.6 is 0 Å². The highest BCUT2D eigenvalue weighted by Gasteiger charge is 2.53. The Balaban J connectivity index is 1.78. The van der Waals surface area contributed by atoms with Crippen molar-refractivity contribution in [3.05, 3.63) is 23.3 Å². The molecule has 3 aliphatic rings. The molecule has 23 heavy (non-hydrogen) atoms. The van der Waals surface area contributed by atoms with Gasteiger partial charge in [-0.15, -0.1) is 0 Å². The van der Waals surface area contributed by atoms with E-state index in [9.17, 15) is 0 Å². The number of anilines is 1. The highest BCUT2D eigenvalue weighted by atomic mass is 16.7. The van der Waals surface area contributed by atoms with Crippen LogP contribution in [-0.4, -0.2) is 25.6 Å². The van der Waals surface area contributed by atoms with Gasteiger partial charge in [-0.3, -0.25) is 0 Å². The standard InChI is InChI=1S/C19H27NO3/c1-3-18-5-6-19(22-8-9-23-19)12-14(18)4-7-21-17-11-16(20)13(2)10-15(17)18/h10-11,14H,3-9,12,20H2,1-2H3. The number of hydrogen-bond donors (Lipinski definition) is 1. The predicted molar refractivity (Wildman–Crippen MR) is 89.6 cm³/mol. The SMILES string of the molecule is CCC12CCC3(CC1CCOc1cc(N)c(C)cc12)OCCO3. The summed E-state index contributed by atoms with van der Waals surface area (Å²) in [6, 6.07) is 4.29. The number of nitrogen functional groups attached to an aromatic ring is 1. The van der Waals surface area contributed by atoms with Gasteiger partial charge in [-0.2, -0.15) is 0 Å². The molecule has 2 fully saturated rings. The molecule has 0 bridgehead atoms.